The summed E-state index contributed by atoms with van der Waals surface area (Å²) in [5, 5.41) is 8.23. The maximum Gasteiger partial charge on any atom is 0.127 e. The molecule has 0 aliphatic carbocycles. The van der Waals surface area contributed by atoms with Crippen LogP contribution >= 0.6 is 11.6 Å². The van der Waals surface area contributed by atoms with Crippen LogP contribution in [0.25, 0.3) is 0 Å². The van der Waals surface area contributed by atoms with Crippen molar-refractivity contribution in [3.8, 4) is 5.75 Å². The van der Waals surface area contributed by atoms with Gasteiger partial charge in [0.25, 0.3) is 0 Å². The smallest absolute Gasteiger partial charge is 0.127 e. The van der Waals surface area contributed by atoms with Crippen LogP contribution in [0.1, 0.15) is 42.5 Å². The summed E-state index contributed by atoms with van der Waals surface area (Å²) in [6.07, 6.45) is 3.55. The topological polar surface area (TPSA) is 33.3 Å². The summed E-state index contributed by atoms with van der Waals surface area (Å²) in [5.41, 5.74) is 3.75. The van der Waals surface area contributed by atoms with Crippen molar-refractivity contribution in [2.45, 2.75) is 50.9 Å². The van der Waals surface area contributed by atoms with E-state index in [0.717, 1.165) is 30.3 Å². The molecular formula is C21H25ClN2O. The molecule has 0 spiro atoms. The first-order chi connectivity index (χ1) is 12.2. The monoisotopic (exact) mass is 356 g/mol. The molecule has 3 nitrogen and oxygen atoms in total. The number of ether oxygens (including phenoxy) is 1. The van der Waals surface area contributed by atoms with E-state index in [4.69, 9.17) is 16.3 Å². The highest BCUT2D eigenvalue weighted by molar-refractivity contribution is 6.30. The predicted octanol–water partition coefficient (Wildman–Crippen LogP) is 4.25. The van der Waals surface area contributed by atoms with Crippen LogP contribution in [0.2, 0.25) is 5.02 Å². The summed E-state index contributed by atoms with van der Waals surface area (Å²) in [7, 11) is 0. The molecule has 0 saturated carbocycles. The highest BCUT2D eigenvalue weighted by Gasteiger charge is 2.27. The van der Waals surface area contributed by atoms with Crippen molar-refractivity contribution in [2.75, 3.05) is 6.54 Å². The fraction of sp³-hybridized carbons (Fsp3) is 0.429. The van der Waals surface area contributed by atoms with Gasteiger partial charge < -0.3 is 15.4 Å². The standard InChI is InChI=1S/C21H25ClN2O/c1-14-10-16-11-18(22)12-17(21(16)25-14)13-24-19-8-5-9-23-20(19)15-6-3-2-4-7-15/h2-4,6-7,11-12,14,19-20,23-24H,5,8-10,13H2,1H3/t14?,19-,20-/m0/s1. The molecule has 25 heavy (non-hydrogen) atoms. The van der Waals surface area contributed by atoms with Crippen molar-refractivity contribution in [1.82, 2.24) is 10.6 Å². The van der Waals surface area contributed by atoms with Crippen LogP contribution in [-0.4, -0.2) is 18.7 Å². The first-order valence-electron chi connectivity index (χ1n) is 9.20. The number of hydrogen-bond donors (Lipinski definition) is 2. The number of piperidine rings is 1. The molecule has 0 aromatic heterocycles. The Hall–Kier alpha value is -1.55. The number of fused-ring (bicyclic) bond motifs is 1. The average molecular weight is 357 g/mol. The lowest BCUT2D eigenvalue weighted by molar-refractivity contribution is 0.250. The van der Waals surface area contributed by atoms with Gasteiger partial charge in [-0.1, -0.05) is 41.9 Å². The van der Waals surface area contributed by atoms with E-state index in [9.17, 15) is 0 Å². The summed E-state index contributed by atoms with van der Waals surface area (Å²) < 4.78 is 6.03. The number of rotatable bonds is 4. The first kappa shape index (κ1) is 16.9. The third-order valence-electron chi connectivity index (χ3n) is 5.21. The van der Waals surface area contributed by atoms with Gasteiger partial charge in [-0.25, -0.2) is 0 Å². The molecule has 2 aromatic carbocycles. The summed E-state index contributed by atoms with van der Waals surface area (Å²) >= 11 is 6.33. The van der Waals surface area contributed by atoms with Gasteiger partial charge in [0.2, 0.25) is 0 Å². The summed E-state index contributed by atoms with van der Waals surface area (Å²) in [6, 6.07) is 15.6. The minimum Gasteiger partial charge on any atom is -0.490 e. The van der Waals surface area contributed by atoms with Gasteiger partial charge in [0.15, 0.2) is 0 Å². The minimum absolute atomic E-state index is 0.237. The Kier molecular flexibility index (Phi) is 4.98. The number of halogens is 1. The third kappa shape index (κ3) is 3.69. The van der Waals surface area contributed by atoms with Crippen LogP contribution in [0.3, 0.4) is 0 Å². The van der Waals surface area contributed by atoms with Gasteiger partial charge in [-0.15, -0.1) is 0 Å². The minimum atomic E-state index is 0.237. The molecule has 0 amide bonds. The van der Waals surface area contributed by atoms with Crippen molar-refractivity contribution < 1.29 is 4.74 Å². The molecule has 132 valence electrons. The zero-order valence-electron chi connectivity index (χ0n) is 14.6. The van der Waals surface area contributed by atoms with E-state index in [2.05, 4.69) is 47.9 Å². The summed E-state index contributed by atoms with van der Waals surface area (Å²) in [5.74, 6) is 1.03. The van der Waals surface area contributed by atoms with E-state index in [1.807, 2.05) is 12.1 Å². The maximum atomic E-state index is 6.33. The second-order valence-electron chi connectivity index (χ2n) is 7.16. The van der Waals surface area contributed by atoms with E-state index >= 15 is 0 Å². The number of benzene rings is 2. The second kappa shape index (κ2) is 7.36. The van der Waals surface area contributed by atoms with Crippen LogP contribution < -0.4 is 15.4 Å². The van der Waals surface area contributed by atoms with Gasteiger partial charge in [0.1, 0.15) is 11.9 Å². The van der Waals surface area contributed by atoms with E-state index in [1.54, 1.807) is 0 Å². The average Bonchev–Trinajstić information content (AvgIpc) is 3.00. The summed E-state index contributed by atoms with van der Waals surface area (Å²) in [4.78, 5) is 0. The molecule has 2 N–H and O–H groups in total. The van der Waals surface area contributed by atoms with Gasteiger partial charge in [-0.3, -0.25) is 0 Å². The molecule has 2 aromatic rings. The van der Waals surface area contributed by atoms with Crippen molar-refractivity contribution in [2.24, 2.45) is 0 Å². The van der Waals surface area contributed by atoms with E-state index in [-0.39, 0.29) is 6.10 Å². The third-order valence-corrected chi connectivity index (χ3v) is 5.42. The molecule has 2 aliphatic heterocycles. The fourth-order valence-electron chi connectivity index (χ4n) is 4.06. The maximum absolute atomic E-state index is 6.33. The van der Waals surface area contributed by atoms with E-state index < -0.39 is 0 Å². The normalized spacial score (nSPS) is 25.4. The van der Waals surface area contributed by atoms with Gasteiger partial charge in [-0.2, -0.15) is 0 Å². The highest BCUT2D eigenvalue weighted by atomic mass is 35.5. The molecule has 2 heterocycles. The predicted molar refractivity (Wildman–Crippen MR) is 102 cm³/mol. The molecule has 0 radical (unpaired) electrons. The first-order valence-corrected chi connectivity index (χ1v) is 9.58. The van der Waals surface area contributed by atoms with Crippen LogP contribution in [0.4, 0.5) is 0 Å². The molecule has 1 fully saturated rings. The van der Waals surface area contributed by atoms with Crippen molar-refractivity contribution in [1.29, 1.82) is 0 Å². The molecule has 2 aliphatic rings. The Morgan fingerprint density at radius 1 is 1.24 bits per heavy atom. The van der Waals surface area contributed by atoms with Crippen LogP contribution in [0, 0.1) is 0 Å². The number of hydrogen-bond acceptors (Lipinski definition) is 3. The lowest BCUT2D eigenvalue weighted by Crippen LogP contribution is -2.45. The van der Waals surface area contributed by atoms with E-state index in [1.165, 1.54) is 29.5 Å². The van der Waals surface area contributed by atoms with Gasteiger partial charge in [0.05, 0.1) is 0 Å². The SMILES string of the molecule is CC1Cc2cc(Cl)cc(CN[C@H]3CCCN[C@H]3c3ccccc3)c2O1. The zero-order valence-corrected chi connectivity index (χ0v) is 15.4. The molecule has 1 saturated heterocycles. The summed E-state index contributed by atoms with van der Waals surface area (Å²) in [6.45, 7) is 3.97. The Labute approximate surface area is 154 Å². The fourth-order valence-corrected chi connectivity index (χ4v) is 4.32. The molecular weight excluding hydrogens is 332 g/mol. The molecule has 4 rings (SSSR count). The van der Waals surface area contributed by atoms with Crippen LogP contribution in [0.5, 0.6) is 5.75 Å². The van der Waals surface area contributed by atoms with Crippen molar-refractivity contribution in [3.05, 3.63) is 64.2 Å². The molecule has 1 unspecified atom stereocenters. The van der Waals surface area contributed by atoms with Gasteiger partial charge in [0, 0.05) is 35.6 Å². The largest absolute Gasteiger partial charge is 0.490 e. The Morgan fingerprint density at radius 2 is 2.08 bits per heavy atom. The zero-order chi connectivity index (χ0) is 17.2. The van der Waals surface area contributed by atoms with E-state index in [0.29, 0.717) is 12.1 Å². The quantitative estimate of drug-likeness (QED) is 0.859. The van der Waals surface area contributed by atoms with Gasteiger partial charge in [-0.05, 0) is 49.6 Å². The lowest BCUT2D eigenvalue weighted by Gasteiger charge is -2.34. The Morgan fingerprint density at radius 3 is 2.92 bits per heavy atom. The highest BCUT2D eigenvalue weighted by Crippen LogP contribution is 2.35. The molecule has 4 heteroatoms. The molecule has 3 atom stereocenters. The van der Waals surface area contributed by atoms with Crippen LogP contribution in [0.15, 0.2) is 42.5 Å². The van der Waals surface area contributed by atoms with Crippen molar-refractivity contribution >= 4 is 11.6 Å². The van der Waals surface area contributed by atoms with Crippen LogP contribution in [-0.2, 0) is 13.0 Å². The molecule has 0 bridgehead atoms. The van der Waals surface area contributed by atoms with Gasteiger partial charge >= 0.3 is 0 Å². The second-order valence-corrected chi connectivity index (χ2v) is 7.59. The Bertz CT molecular complexity index is 734. The Balaban J connectivity index is 1.51. The lowest BCUT2D eigenvalue weighted by atomic mass is 9.92. The van der Waals surface area contributed by atoms with Crippen molar-refractivity contribution in [3.63, 3.8) is 0 Å². The number of nitrogens with one attached hydrogen (secondary N) is 2.